The van der Waals surface area contributed by atoms with Crippen molar-refractivity contribution in [2.45, 2.75) is 163 Å². The number of aliphatic hydroxyl groups is 3. The fraction of sp³-hybridized carbons (Fsp3) is 1.00. The van der Waals surface area contributed by atoms with Crippen molar-refractivity contribution in [3.8, 4) is 0 Å². The molecule has 0 amide bonds. The van der Waals surface area contributed by atoms with E-state index in [1.54, 1.807) is 0 Å². The van der Waals surface area contributed by atoms with Crippen molar-refractivity contribution in [3.63, 3.8) is 0 Å². The van der Waals surface area contributed by atoms with Gasteiger partial charge in [-0.05, 0) is 0 Å². The first-order valence-corrected chi connectivity index (χ1v) is 13.4. The summed E-state index contributed by atoms with van der Waals surface area (Å²) in [6.07, 6.45) is 24.5. The van der Waals surface area contributed by atoms with Gasteiger partial charge in [-0.2, -0.15) is 0 Å². The predicted octanol–water partition coefficient (Wildman–Crippen LogP) is 8.43. The van der Waals surface area contributed by atoms with E-state index in [-0.39, 0.29) is 13.2 Å². The molecule has 0 unspecified atom stereocenters. The largest absolute Gasteiger partial charge is 0.394 e. The molecule has 0 aromatic rings. The van der Waals surface area contributed by atoms with Gasteiger partial charge < -0.3 is 15.3 Å². The summed E-state index contributed by atoms with van der Waals surface area (Å²) in [4.78, 5) is 0. The van der Waals surface area contributed by atoms with E-state index >= 15 is 0 Å². The highest BCUT2D eigenvalue weighted by Gasteiger charge is 1.93. The van der Waals surface area contributed by atoms with Crippen LogP contribution >= 0.6 is 0 Å². The summed E-state index contributed by atoms with van der Waals surface area (Å²) < 4.78 is 0. The summed E-state index contributed by atoms with van der Waals surface area (Å²) in [6, 6.07) is 0. The first kappa shape index (κ1) is 37.2. The molecule has 0 aliphatic rings. The van der Waals surface area contributed by atoms with Crippen LogP contribution in [0.5, 0.6) is 0 Å². The van der Waals surface area contributed by atoms with E-state index in [0.717, 1.165) is 0 Å². The Balaban J connectivity index is -0.000000151. The zero-order valence-electron chi connectivity index (χ0n) is 22.1. The maximum absolute atomic E-state index is 8.17. The van der Waals surface area contributed by atoms with Crippen molar-refractivity contribution in [2.24, 2.45) is 0 Å². The summed E-state index contributed by atoms with van der Waals surface area (Å²) in [6.45, 7) is 12.8. The van der Waals surface area contributed by atoms with Gasteiger partial charge in [0.25, 0.3) is 0 Å². The molecule has 0 aromatic carbocycles. The van der Waals surface area contributed by atoms with Gasteiger partial charge in [0, 0.05) is 0 Å². The van der Waals surface area contributed by atoms with E-state index in [4.69, 9.17) is 15.3 Å². The van der Waals surface area contributed by atoms with Crippen LogP contribution in [0, 0.1) is 0 Å². The zero-order valence-corrected chi connectivity index (χ0v) is 22.1. The average molecular weight is 435 g/mol. The lowest BCUT2D eigenvalue weighted by atomic mass is 10.1. The normalized spacial score (nSPS) is 9.80. The molecule has 0 heterocycles. The highest BCUT2D eigenvalue weighted by molar-refractivity contribution is 4.44. The number of rotatable bonds is 17. The van der Waals surface area contributed by atoms with Gasteiger partial charge in [-0.25, -0.2) is 0 Å². The Labute approximate surface area is 192 Å². The highest BCUT2D eigenvalue weighted by atomic mass is 16.3. The Bertz CT molecular complexity index is 172. The number of hydrogen-bond acceptors (Lipinski definition) is 3. The van der Waals surface area contributed by atoms with E-state index in [1.165, 1.54) is 116 Å². The highest BCUT2D eigenvalue weighted by Crippen LogP contribution is 2.04. The van der Waals surface area contributed by atoms with Gasteiger partial charge in [-0.1, -0.05) is 157 Å². The van der Waals surface area contributed by atoms with Crippen LogP contribution in [-0.4, -0.2) is 34.6 Å². The Kier molecular flexibility index (Phi) is 53.2. The molecule has 3 nitrogen and oxygen atoms in total. The van der Waals surface area contributed by atoms with E-state index in [2.05, 4.69) is 41.5 Å². The van der Waals surface area contributed by atoms with Crippen LogP contribution in [0.4, 0.5) is 0 Å². The molecule has 0 spiro atoms. The third-order valence-electron chi connectivity index (χ3n) is 4.79. The van der Waals surface area contributed by atoms with Crippen LogP contribution in [0.3, 0.4) is 0 Å². The van der Waals surface area contributed by atoms with Gasteiger partial charge in [0.2, 0.25) is 0 Å². The molecule has 0 saturated carbocycles. The van der Waals surface area contributed by atoms with Crippen molar-refractivity contribution < 1.29 is 15.3 Å². The predicted molar refractivity (Wildman–Crippen MR) is 137 cm³/mol. The maximum Gasteiger partial charge on any atom is 0.100 e. The molecule has 0 aliphatic heterocycles. The molecule has 0 bridgehead atoms. The van der Waals surface area contributed by atoms with E-state index in [9.17, 15) is 0 Å². The lowest BCUT2D eigenvalue weighted by Gasteiger charge is -1.96. The molecule has 0 rings (SSSR count). The molecule has 0 aromatic heterocycles. The van der Waals surface area contributed by atoms with Crippen LogP contribution in [0.1, 0.15) is 157 Å². The minimum absolute atomic E-state index is 0.365. The number of unbranched alkanes of at least 4 members (excludes halogenated alkanes) is 15. The molecule has 0 saturated heterocycles. The molecule has 188 valence electrons. The van der Waals surface area contributed by atoms with E-state index in [0.29, 0.717) is 0 Å². The van der Waals surface area contributed by atoms with Crippen LogP contribution in [0.25, 0.3) is 0 Å². The minimum atomic E-state index is -0.954. The molecule has 30 heavy (non-hydrogen) atoms. The van der Waals surface area contributed by atoms with Gasteiger partial charge in [-0.15, -0.1) is 0 Å². The van der Waals surface area contributed by atoms with Gasteiger partial charge >= 0.3 is 0 Å². The van der Waals surface area contributed by atoms with Crippen LogP contribution in [0.2, 0.25) is 0 Å². The summed E-state index contributed by atoms with van der Waals surface area (Å²) >= 11 is 0. The van der Waals surface area contributed by atoms with Crippen LogP contribution in [0.15, 0.2) is 0 Å². The summed E-state index contributed by atoms with van der Waals surface area (Å²) in [5.41, 5.74) is 0. The minimum Gasteiger partial charge on any atom is -0.394 e. The summed E-state index contributed by atoms with van der Waals surface area (Å²) in [5, 5.41) is 24.0. The molecule has 3 heteroatoms. The maximum atomic E-state index is 8.17. The number of hydrogen-bond donors (Lipinski definition) is 3. The van der Waals surface area contributed by atoms with Crippen molar-refractivity contribution in [2.75, 3.05) is 13.2 Å². The Morgan fingerprint density at radius 2 is 0.533 bits per heavy atom. The average Bonchev–Trinajstić information content (AvgIpc) is 2.78. The van der Waals surface area contributed by atoms with Crippen molar-refractivity contribution >= 4 is 0 Å². The second kappa shape index (κ2) is 42.9. The standard InChI is InChI=1S/3C8H18.C3H8O3/c3*1-3-5-7-8-6-4-2;4-1-3(6)2-5/h3*3-8H2,1-2H3;3-6H,1-2H2. The quantitative estimate of drug-likeness (QED) is 0.201. The van der Waals surface area contributed by atoms with Gasteiger partial charge in [0.1, 0.15) is 6.10 Å². The lowest BCUT2D eigenvalue weighted by molar-refractivity contribution is 0.0450. The fourth-order valence-electron chi connectivity index (χ4n) is 2.62. The van der Waals surface area contributed by atoms with Crippen LogP contribution in [-0.2, 0) is 0 Å². The zero-order chi connectivity index (χ0) is 23.7. The third-order valence-corrected chi connectivity index (χ3v) is 4.79. The SMILES string of the molecule is CCCCCCCC.CCCCCCCC.CCCCCCCC.OCC(O)CO. The molecule has 3 N–H and O–H groups in total. The van der Waals surface area contributed by atoms with E-state index in [1.807, 2.05) is 0 Å². The molecule has 0 radical (unpaired) electrons. The Morgan fingerprint density at radius 1 is 0.367 bits per heavy atom. The monoisotopic (exact) mass is 434 g/mol. The van der Waals surface area contributed by atoms with E-state index < -0.39 is 6.10 Å². The smallest absolute Gasteiger partial charge is 0.100 e. The number of aliphatic hydroxyl groups excluding tert-OH is 3. The Hall–Kier alpha value is -0.120. The third kappa shape index (κ3) is 56.5. The summed E-state index contributed by atoms with van der Waals surface area (Å²) in [7, 11) is 0. The van der Waals surface area contributed by atoms with Crippen molar-refractivity contribution in [1.29, 1.82) is 0 Å². The van der Waals surface area contributed by atoms with Gasteiger partial charge in [0.05, 0.1) is 13.2 Å². The molecular formula is C27H62O3. The van der Waals surface area contributed by atoms with Crippen molar-refractivity contribution in [1.82, 2.24) is 0 Å². The molecule has 0 aliphatic carbocycles. The topological polar surface area (TPSA) is 60.7 Å². The van der Waals surface area contributed by atoms with Crippen LogP contribution < -0.4 is 0 Å². The molecular weight excluding hydrogens is 372 g/mol. The molecule has 0 atom stereocenters. The van der Waals surface area contributed by atoms with Gasteiger partial charge in [0.15, 0.2) is 0 Å². The first-order chi connectivity index (χ1) is 14.6. The molecule has 0 fully saturated rings. The lowest BCUT2D eigenvalue weighted by Crippen LogP contribution is -2.15. The van der Waals surface area contributed by atoms with Gasteiger partial charge in [-0.3, -0.25) is 0 Å². The first-order valence-electron chi connectivity index (χ1n) is 13.4. The summed E-state index contributed by atoms with van der Waals surface area (Å²) in [5.74, 6) is 0. The second-order valence-corrected chi connectivity index (χ2v) is 8.26. The fourth-order valence-corrected chi connectivity index (χ4v) is 2.62. The Morgan fingerprint density at radius 3 is 0.600 bits per heavy atom. The van der Waals surface area contributed by atoms with Crippen molar-refractivity contribution in [3.05, 3.63) is 0 Å². The second-order valence-electron chi connectivity index (χ2n) is 8.26.